The maximum absolute atomic E-state index is 11.9. The van der Waals surface area contributed by atoms with E-state index in [1.807, 2.05) is 6.92 Å². The van der Waals surface area contributed by atoms with Gasteiger partial charge in [-0.05, 0) is 33.6 Å². The third-order valence-electron chi connectivity index (χ3n) is 3.23. The van der Waals surface area contributed by atoms with Crippen molar-refractivity contribution in [3.63, 3.8) is 0 Å². The predicted molar refractivity (Wildman–Crippen MR) is 75.0 cm³/mol. The average molecular weight is 284 g/mol. The molecule has 1 atom stereocenters. The highest BCUT2D eigenvalue weighted by Gasteiger charge is 2.33. The molecule has 20 heavy (non-hydrogen) atoms. The largest absolute Gasteiger partial charge is 0.328 e. The van der Waals surface area contributed by atoms with Crippen molar-refractivity contribution in [3.8, 4) is 0 Å². The molecule has 1 aliphatic heterocycles. The average Bonchev–Trinajstić information content (AvgIpc) is 2.32. The van der Waals surface area contributed by atoms with Gasteiger partial charge in [-0.15, -0.1) is 0 Å². The van der Waals surface area contributed by atoms with Gasteiger partial charge in [-0.25, -0.2) is 14.5 Å². The van der Waals surface area contributed by atoms with E-state index in [2.05, 4.69) is 16.0 Å². The van der Waals surface area contributed by atoms with Crippen LogP contribution >= 0.6 is 0 Å². The van der Waals surface area contributed by atoms with E-state index in [0.717, 1.165) is 11.3 Å². The third-order valence-corrected chi connectivity index (χ3v) is 3.23. The molecule has 7 heteroatoms. The SMILES string of the molecule is CCC(CCC(C)=O)NC1NC(=O)N(C(C)C)C(=O)N1. The fraction of sp³-hybridized carbons (Fsp3) is 0.769. The lowest BCUT2D eigenvalue weighted by Gasteiger charge is -2.36. The second kappa shape index (κ2) is 7.23. The number of Topliss-reactive ketones (excluding diaryl/α,β-unsaturated/α-hetero) is 1. The molecule has 0 spiro atoms. The maximum Gasteiger partial charge on any atom is 0.328 e. The van der Waals surface area contributed by atoms with Crippen molar-refractivity contribution in [1.29, 1.82) is 0 Å². The first kappa shape index (κ1) is 16.4. The standard InChI is InChI=1S/C13H24N4O3/c1-5-10(7-6-9(4)18)14-11-15-12(19)17(8(2)3)13(20)16-11/h8,10-11,14H,5-7H2,1-4H3,(H,15,19)(H,16,20). The Balaban J connectivity index is 2.55. The Morgan fingerprint density at radius 3 is 2.25 bits per heavy atom. The van der Waals surface area contributed by atoms with Crippen LogP contribution < -0.4 is 16.0 Å². The van der Waals surface area contributed by atoms with Crippen LogP contribution in [0, 0.1) is 0 Å². The molecule has 0 aliphatic carbocycles. The van der Waals surface area contributed by atoms with E-state index in [1.54, 1.807) is 20.8 Å². The van der Waals surface area contributed by atoms with Gasteiger partial charge in [-0.1, -0.05) is 6.92 Å². The van der Waals surface area contributed by atoms with E-state index in [0.29, 0.717) is 12.8 Å². The smallest absolute Gasteiger partial charge is 0.305 e. The Hall–Kier alpha value is -1.63. The third kappa shape index (κ3) is 4.48. The zero-order valence-corrected chi connectivity index (χ0v) is 12.5. The molecule has 0 aromatic carbocycles. The van der Waals surface area contributed by atoms with Gasteiger partial charge in [0.15, 0.2) is 6.29 Å². The van der Waals surface area contributed by atoms with Crippen molar-refractivity contribution in [1.82, 2.24) is 20.9 Å². The summed E-state index contributed by atoms with van der Waals surface area (Å²) in [6.45, 7) is 7.09. The highest BCUT2D eigenvalue weighted by Crippen LogP contribution is 2.07. The topological polar surface area (TPSA) is 90.5 Å². The second-order valence-corrected chi connectivity index (χ2v) is 5.31. The van der Waals surface area contributed by atoms with Gasteiger partial charge in [0.1, 0.15) is 5.78 Å². The van der Waals surface area contributed by atoms with Crippen LogP contribution in [0.3, 0.4) is 0 Å². The molecule has 1 unspecified atom stereocenters. The first-order valence-electron chi connectivity index (χ1n) is 7.00. The van der Waals surface area contributed by atoms with E-state index in [-0.39, 0.29) is 17.9 Å². The molecule has 3 N–H and O–H groups in total. The summed E-state index contributed by atoms with van der Waals surface area (Å²) >= 11 is 0. The van der Waals surface area contributed by atoms with Crippen molar-refractivity contribution in [2.24, 2.45) is 0 Å². The quantitative estimate of drug-likeness (QED) is 0.654. The zero-order valence-electron chi connectivity index (χ0n) is 12.5. The number of ketones is 1. The number of rotatable bonds is 7. The van der Waals surface area contributed by atoms with Gasteiger partial charge in [0.2, 0.25) is 0 Å². The molecule has 4 amide bonds. The van der Waals surface area contributed by atoms with E-state index < -0.39 is 18.4 Å². The van der Waals surface area contributed by atoms with Gasteiger partial charge in [-0.2, -0.15) is 0 Å². The van der Waals surface area contributed by atoms with Gasteiger partial charge in [0.05, 0.1) is 0 Å². The van der Waals surface area contributed by atoms with E-state index in [4.69, 9.17) is 0 Å². The number of urea groups is 2. The molecule has 1 aliphatic rings. The lowest BCUT2D eigenvalue weighted by atomic mass is 10.1. The highest BCUT2D eigenvalue weighted by molar-refractivity contribution is 5.96. The van der Waals surface area contributed by atoms with E-state index in [9.17, 15) is 14.4 Å². The van der Waals surface area contributed by atoms with Gasteiger partial charge >= 0.3 is 12.1 Å². The van der Waals surface area contributed by atoms with Crippen LogP contribution in [0.2, 0.25) is 0 Å². The summed E-state index contributed by atoms with van der Waals surface area (Å²) in [5.41, 5.74) is 0. The number of nitrogens with zero attached hydrogens (tertiary/aromatic N) is 1. The number of carbonyl (C=O) groups excluding carboxylic acids is 3. The number of nitrogens with one attached hydrogen (secondary N) is 3. The molecule has 1 heterocycles. The summed E-state index contributed by atoms with van der Waals surface area (Å²) < 4.78 is 0. The first-order valence-corrected chi connectivity index (χ1v) is 7.00. The minimum absolute atomic E-state index is 0.0649. The Labute approximate surface area is 119 Å². The van der Waals surface area contributed by atoms with Gasteiger partial charge in [-0.3, -0.25) is 5.32 Å². The predicted octanol–water partition coefficient (Wildman–Crippen LogP) is 1.15. The molecule has 0 bridgehead atoms. The van der Waals surface area contributed by atoms with Gasteiger partial charge in [0, 0.05) is 18.5 Å². The number of hydrogen-bond acceptors (Lipinski definition) is 4. The minimum Gasteiger partial charge on any atom is -0.305 e. The first-order chi connectivity index (χ1) is 9.35. The molecule has 1 rings (SSSR count). The van der Waals surface area contributed by atoms with E-state index >= 15 is 0 Å². The minimum atomic E-state index is -0.595. The second-order valence-electron chi connectivity index (χ2n) is 5.31. The molecule has 7 nitrogen and oxygen atoms in total. The van der Waals surface area contributed by atoms with Crippen LogP contribution in [0.15, 0.2) is 0 Å². The molecule has 0 saturated carbocycles. The van der Waals surface area contributed by atoms with Crippen molar-refractivity contribution in [2.45, 2.75) is 65.3 Å². The molecule has 0 aromatic rings. The van der Waals surface area contributed by atoms with Gasteiger partial charge < -0.3 is 15.4 Å². The number of imide groups is 1. The fourth-order valence-electron chi connectivity index (χ4n) is 2.09. The van der Waals surface area contributed by atoms with Crippen LogP contribution in [0.25, 0.3) is 0 Å². The van der Waals surface area contributed by atoms with Crippen molar-refractivity contribution >= 4 is 17.8 Å². The maximum atomic E-state index is 11.9. The van der Waals surface area contributed by atoms with Crippen LogP contribution in [-0.2, 0) is 4.79 Å². The van der Waals surface area contributed by atoms with Crippen LogP contribution in [-0.4, -0.2) is 41.1 Å². The summed E-state index contributed by atoms with van der Waals surface area (Å²) in [6, 6.07) is -0.962. The Kier molecular flexibility index (Phi) is 5.94. The van der Waals surface area contributed by atoms with E-state index in [1.165, 1.54) is 0 Å². The monoisotopic (exact) mass is 284 g/mol. The number of hydrogen-bond donors (Lipinski definition) is 3. The summed E-state index contributed by atoms with van der Waals surface area (Å²) in [4.78, 5) is 35.8. The summed E-state index contributed by atoms with van der Waals surface area (Å²) in [5.74, 6) is 0.132. The van der Waals surface area contributed by atoms with Crippen molar-refractivity contribution in [2.75, 3.05) is 0 Å². The lowest BCUT2D eigenvalue weighted by molar-refractivity contribution is -0.117. The molecule has 114 valence electrons. The fourth-order valence-corrected chi connectivity index (χ4v) is 2.09. The van der Waals surface area contributed by atoms with Crippen LogP contribution in [0.5, 0.6) is 0 Å². The van der Waals surface area contributed by atoms with Crippen LogP contribution in [0.4, 0.5) is 9.59 Å². The van der Waals surface area contributed by atoms with Crippen molar-refractivity contribution < 1.29 is 14.4 Å². The normalized spacial score (nSPS) is 17.9. The Morgan fingerprint density at radius 1 is 1.30 bits per heavy atom. The van der Waals surface area contributed by atoms with Gasteiger partial charge in [0.25, 0.3) is 0 Å². The Bertz CT molecular complexity index is 366. The molecule has 1 saturated heterocycles. The Morgan fingerprint density at radius 2 is 1.85 bits per heavy atom. The molecule has 1 fully saturated rings. The molecule has 0 radical (unpaired) electrons. The summed E-state index contributed by atoms with van der Waals surface area (Å²) in [7, 11) is 0. The van der Waals surface area contributed by atoms with Crippen molar-refractivity contribution in [3.05, 3.63) is 0 Å². The number of amides is 4. The molecular formula is C13H24N4O3. The lowest BCUT2D eigenvalue weighted by Crippen LogP contribution is -2.70. The summed E-state index contributed by atoms with van der Waals surface area (Å²) in [6.07, 6.45) is 1.38. The van der Waals surface area contributed by atoms with Crippen LogP contribution in [0.1, 0.15) is 47.0 Å². The molecular weight excluding hydrogens is 260 g/mol. The zero-order chi connectivity index (χ0) is 15.3. The number of carbonyl (C=O) groups is 3. The highest BCUT2D eigenvalue weighted by atomic mass is 16.2. The molecule has 0 aromatic heterocycles. The summed E-state index contributed by atoms with van der Waals surface area (Å²) in [5, 5.41) is 8.52.